The monoisotopic (exact) mass is 318 g/mol. The summed E-state index contributed by atoms with van der Waals surface area (Å²) in [6.45, 7) is 0.935. The number of amides is 2. The van der Waals surface area contributed by atoms with Crippen LogP contribution in [0.3, 0.4) is 0 Å². The molecule has 0 aliphatic carbocycles. The summed E-state index contributed by atoms with van der Waals surface area (Å²) in [5.74, 6) is 0.707. The van der Waals surface area contributed by atoms with E-state index in [0.29, 0.717) is 31.7 Å². The summed E-state index contributed by atoms with van der Waals surface area (Å²) in [4.78, 5) is 29.2. The molecule has 0 unspecified atom stereocenters. The minimum atomic E-state index is -0.387. The second-order valence-corrected chi connectivity index (χ2v) is 6.46. The number of likely N-dealkylation sites (N-methyl/N-ethyl adjacent to an activating group) is 1. The van der Waals surface area contributed by atoms with Crippen LogP contribution in [0.5, 0.6) is 0 Å². The van der Waals surface area contributed by atoms with Crippen molar-refractivity contribution in [2.45, 2.75) is 32.0 Å². The molecule has 116 valence electrons. The molecular weight excluding hydrogens is 300 g/mol. The normalized spacial score (nSPS) is 18.0. The lowest BCUT2D eigenvalue weighted by molar-refractivity contribution is -0.141. The second-order valence-electron chi connectivity index (χ2n) is 5.43. The number of nitrogens with zero attached hydrogens (tertiary/aromatic N) is 2. The minimum Gasteiger partial charge on any atom is -0.467 e. The molecule has 1 aliphatic rings. The summed E-state index contributed by atoms with van der Waals surface area (Å²) in [6, 6.07) is 7.20. The molecule has 2 aromatic rings. The Bertz CT molecular complexity index is 636. The van der Waals surface area contributed by atoms with Crippen LogP contribution in [0.15, 0.2) is 40.3 Å². The first-order valence-electron chi connectivity index (χ1n) is 7.24. The molecule has 2 aromatic heterocycles. The zero-order valence-corrected chi connectivity index (χ0v) is 13.2. The summed E-state index contributed by atoms with van der Waals surface area (Å²) in [6.07, 6.45) is 2.58. The van der Waals surface area contributed by atoms with E-state index < -0.39 is 0 Å². The fraction of sp³-hybridized carbons (Fsp3) is 0.375. The quantitative estimate of drug-likeness (QED) is 0.851. The van der Waals surface area contributed by atoms with E-state index in [0.717, 1.165) is 4.88 Å². The molecule has 0 saturated carbocycles. The lowest BCUT2D eigenvalue weighted by Gasteiger charge is -2.27. The van der Waals surface area contributed by atoms with Crippen molar-refractivity contribution in [3.8, 4) is 0 Å². The third-order valence-corrected chi connectivity index (χ3v) is 4.73. The molecule has 5 nitrogen and oxygen atoms in total. The van der Waals surface area contributed by atoms with Gasteiger partial charge in [-0.1, -0.05) is 6.07 Å². The van der Waals surface area contributed by atoms with E-state index in [1.807, 2.05) is 23.6 Å². The third kappa shape index (κ3) is 3.06. The average molecular weight is 318 g/mol. The largest absolute Gasteiger partial charge is 0.467 e. The lowest BCUT2D eigenvalue weighted by atomic mass is 10.2. The predicted octanol–water partition coefficient (Wildman–Crippen LogP) is 2.49. The highest BCUT2D eigenvalue weighted by atomic mass is 32.1. The summed E-state index contributed by atoms with van der Waals surface area (Å²) < 4.78 is 5.30. The maximum absolute atomic E-state index is 12.7. The van der Waals surface area contributed by atoms with Gasteiger partial charge in [-0.3, -0.25) is 9.59 Å². The Kier molecular flexibility index (Phi) is 4.29. The molecule has 0 radical (unpaired) electrons. The Morgan fingerprint density at radius 2 is 2.32 bits per heavy atom. The van der Waals surface area contributed by atoms with Gasteiger partial charge in [-0.15, -0.1) is 11.3 Å². The molecule has 1 atom stereocenters. The maximum Gasteiger partial charge on any atom is 0.245 e. The number of furan rings is 1. The standard InChI is InChI=1S/C16H18N2O3S/c1-17(11-13-5-3-9-22-13)16(20)14-6-7-15(19)18(14)10-12-4-2-8-21-12/h2-5,8-9,14H,6-7,10-11H2,1H3/t14-/m0/s1. The van der Waals surface area contributed by atoms with Gasteiger partial charge in [-0.2, -0.15) is 0 Å². The number of hydrogen-bond acceptors (Lipinski definition) is 4. The van der Waals surface area contributed by atoms with E-state index in [2.05, 4.69) is 0 Å². The van der Waals surface area contributed by atoms with Gasteiger partial charge in [0.05, 0.1) is 19.4 Å². The summed E-state index contributed by atoms with van der Waals surface area (Å²) >= 11 is 1.63. The van der Waals surface area contributed by atoms with Crippen LogP contribution >= 0.6 is 11.3 Å². The van der Waals surface area contributed by atoms with Gasteiger partial charge in [0.1, 0.15) is 11.8 Å². The molecule has 1 fully saturated rings. The zero-order valence-electron chi connectivity index (χ0n) is 12.4. The van der Waals surface area contributed by atoms with Crippen molar-refractivity contribution in [1.82, 2.24) is 9.80 Å². The fourth-order valence-corrected chi connectivity index (χ4v) is 3.48. The Hall–Kier alpha value is -2.08. The molecule has 0 N–H and O–H groups in total. The molecular formula is C16H18N2O3S. The van der Waals surface area contributed by atoms with E-state index in [-0.39, 0.29) is 17.9 Å². The summed E-state index contributed by atoms with van der Waals surface area (Å²) in [5, 5.41) is 2.00. The number of hydrogen-bond donors (Lipinski definition) is 0. The molecule has 6 heteroatoms. The highest BCUT2D eigenvalue weighted by Gasteiger charge is 2.37. The predicted molar refractivity (Wildman–Crippen MR) is 83.1 cm³/mol. The van der Waals surface area contributed by atoms with Crippen LogP contribution in [0.1, 0.15) is 23.5 Å². The van der Waals surface area contributed by atoms with Gasteiger partial charge < -0.3 is 14.2 Å². The molecule has 0 spiro atoms. The van der Waals surface area contributed by atoms with Gasteiger partial charge in [-0.25, -0.2) is 0 Å². The van der Waals surface area contributed by atoms with E-state index in [1.54, 1.807) is 40.5 Å². The smallest absolute Gasteiger partial charge is 0.245 e. The molecule has 0 bridgehead atoms. The molecule has 3 heterocycles. The number of carbonyl (C=O) groups is 2. The SMILES string of the molecule is CN(Cc1cccs1)C(=O)[C@@H]1CCC(=O)N1Cc1ccco1. The number of rotatable bonds is 5. The van der Waals surface area contributed by atoms with Crippen molar-refractivity contribution in [2.24, 2.45) is 0 Å². The van der Waals surface area contributed by atoms with Gasteiger partial charge in [0.2, 0.25) is 11.8 Å². The fourth-order valence-electron chi connectivity index (χ4n) is 2.73. The third-order valence-electron chi connectivity index (χ3n) is 3.87. The zero-order chi connectivity index (χ0) is 15.5. The number of likely N-dealkylation sites (tertiary alicyclic amines) is 1. The van der Waals surface area contributed by atoms with Gasteiger partial charge >= 0.3 is 0 Å². The van der Waals surface area contributed by atoms with Crippen molar-refractivity contribution >= 4 is 23.2 Å². The van der Waals surface area contributed by atoms with Crippen molar-refractivity contribution in [3.63, 3.8) is 0 Å². The number of carbonyl (C=O) groups excluding carboxylic acids is 2. The van der Waals surface area contributed by atoms with Crippen molar-refractivity contribution in [1.29, 1.82) is 0 Å². The average Bonchev–Trinajstić information content (AvgIpc) is 3.23. The van der Waals surface area contributed by atoms with Crippen LogP contribution in [0.25, 0.3) is 0 Å². The molecule has 1 saturated heterocycles. The molecule has 3 rings (SSSR count). The van der Waals surface area contributed by atoms with E-state index in [4.69, 9.17) is 4.42 Å². The first-order valence-corrected chi connectivity index (χ1v) is 8.12. The van der Waals surface area contributed by atoms with E-state index in [1.165, 1.54) is 0 Å². The van der Waals surface area contributed by atoms with Gasteiger partial charge in [0.25, 0.3) is 0 Å². The first kappa shape index (κ1) is 14.8. The Morgan fingerprint density at radius 3 is 3.00 bits per heavy atom. The van der Waals surface area contributed by atoms with E-state index >= 15 is 0 Å². The highest BCUT2D eigenvalue weighted by Crippen LogP contribution is 2.24. The van der Waals surface area contributed by atoms with Gasteiger partial charge in [0, 0.05) is 18.3 Å². The second kappa shape index (κ2) is 6.36. The van der Waals surface area contributed by atoms with Crippen LogP contribution in [-0.4, -0.2) is 34.7 Å². The minimum absolute atomic E-state index is 0.00851. The van der Waals surface area contributed by atoms with E-state index in [9.17, 15) is 9.59 Å². The maximum atomic E-state index is 12.7. The van der Waals surface area contributed by atoms with Crippen LogP contribution in [0.4, 0.5) is 0 Å². The van der Waals surface area contributed by atoms with Crippen LogP contribution in [0, 0.1) is 0 Å². The Morgan fingerprint density at radius 1 is 1.45 bits per heavy atom. The first-order chi connectivity index (χ1) is 10.6. The molecule has 1 aliphatic heterocycles. The Balaban J connectivity index is 1.68. The van der Waals surface area contributed by atoms with Gasteiger partial charge in [0.15, 0.2) is 0 Å². The van der Waals surface area contributed by atoms with Crippen LogP contribution < -0.4 is 0 Å². The van der Waals surface area contributed by atoms with Crippen molar-refractivity contribution < 1.29 is 14.0 Å². The number of thiophene rings is 1. The van der Waals surface area contributed by atoms with Crippen molar-refractivity contribution in [3.05, 3.63) is 46.5 Å². The van der Waals surface area contributed by atoms with Crippen LogP contribution in [0.2, 0.25) is 0 Å². The Labute approximate surface area is 133 Å². The van der Waals surface area contributed by atoms with Crippen LogP contribution in [-0.2, 0) is 22.7 Å². The molecule has 22 heavy (non-hydrogen) atoms. The van der Waals surface area contributed by atoms with Gasteiger partial charge in [-0.05, 0) is 30.0 Å². The topological polar surface area (TPSA) is 53.8 Å². The van der Waals surface area contributed by atoms with Crippen molar-refractivity contribution in [2.75, 3.05) is 7.05 Å². The highest BCUT2D eigenvalue weighted by molar-refractivity contribution is 7.09. The lowest BCUT2D eigenvalue weighted by Crippen LogP contribution is -2.44. The molecule has 0 aromatic carbocycles. The summed E-state index contributed by atoms with van der Waals surface area (Å²) in [5.41, 5.74) is 0. The molecule has 2 amide bonds. The summed E-state index contributed by atoms with van der Waals surface area (Å²) in [7, 11) is 1.79.